The summed E-state index contributed by atoms with van der Waals surface area (Å²) in [7, 11) is 0. The SMILES string of the molecule is CCCCCCCCCCCC(=O)N1CCN(c2cccc(C(F)(F)F)c2)CC1. The molecule has 29 heavy (non-hydrogen) atoms. The standard InChI is InChI=1S/C23H35F3N2O/c1-2-3-4-5-6-7-8-9-10-14-22(29)28-17-15-27(16-18-28)21-13-11-12-20(19-21)23(24,25)26/h11-13,19H,2-10,14-18H2,1H3. The fourth-order valence-electron chi connectivity index (χ4n) is 3.84. The Hall–Kier alpha value is -1.72. The van der Waals surface area contributed by atoms with Gasteiger partial charge in [-0.1, -0.05) is 64.4 Å². The van der Waals surface area contributed by atoms with Crippen molar-refractivity contribution in [1.82, 2.24) is 4.90 Å². The molecule has 2 rings (SSSR count). The van der Waals surface area contributed by atoms with E-state index in [1.807, 2.05) is 9.80 Å². The van der Waals surface area contributed by atoms with Gasteiger partial charge in [0.15, 0.2) is 0 Å². The molecule has 1 aromatic rings. The number of hydrogen-bond acceptors (Lipinski definition) is 2. The van der Waals surface area contributed by atoms with Gasteiger partial charge in [0.2, 0.25) is 5.91 Å². The maximum Gasteiger partial charge on any atom is 0.416 e. The Morgan fingerprint density at radius 3 is 2.07 bits per heavy atom. The summed E-state index contributed by atoms with van der Waals surface area (Å²) < 4.78 is 38.7. The average Bonchev–Trinajstić information content (AvgIpc) is 2.72. The lowest BCUT2D eigenvalue weighted by molar-refractivity contribution is -0.137. The van der Waals surface area contributed by atoms with E-state index in [9.17, 15) is 18.0 Å². The van der Waals surface area contributed by atoms with Crippen molar-refractivity contribution < 1.29 is 18.0 Å². The van der Waals surface area contributed by atoms with Gasteiger partial charge >= 0.3 is 6.18 Å². The Morgan fingerprint density at radius 1 is 0.897 bits per heavy atom. The zero-order valence-electron chi connectivity index (χ0n) is 17.6. The van der Waals surface area contributed by atoms with E-state index in [-0.39, 0.29) is 5.91 Å². The van der Waals surface area contributed by atoms with Gasteiger partial charge in [0.05, 0.1) is 5.56 Å². The molecule has 0 saturated carbocycles. The van der Waals surface area contributed by atoms with Crippen LogP contribution in [0.25, 0.3) is 0 Å². The van der Waals surface area contributed by atoms with Gasteiger partial charge in [-0.05, 0) is 24.6 Å². The Bertz CT molecular complexity index is 610. The van der Waals surface area contributed by atoms with E-state index in [0.717, 1.165) is 18.9 Å². The molecule has 1 fully saturated rings. The highest BCUT2D eigenvalue weighted by molar-refractivity contribution is 5.76. The quantitative estimate of drug-likeness (QED) is 0.400. The van der Waals surface area contributed by atoms with Gasteiger partial charge in [0.25, 0.3) is 0 Å². The summed E-state index contributed by atoms with van der Waals surface area (Å²) in [5.74, 6) is 0.177. The smallest absolute Gasteiger partial charge is 0.368 e. The predicted octanol–water partition coefficient (Wildman–Crippen LogP) is 6.27. The van der Waals surface area contributed by atoms with E-state index >= 15 is 0 Å². The molecule has 0 aromatic heterocycles. The van der Waals surface area contributed by atoms with Crippen LogP contribution < -0.4 is 4.90 Å². The summed E-state index contributed by atoms with van der Waals surface area (Å²) in [6, 6.07) is 5.43. The molecule has 6 heteroatoms. The number of rotatable bonds is 11. The van der Waals surface area contributed by atoms with Gasteiger partial charge in [-0.15, -0.1) is 0 Å². The van der Waals surface area contributed by atoms with Gasteiger partial charge in [-0.25, -0.2) is 0 Å². The van der Waals surface area contributed by atoms with Crippen LogP contribution in [-0.2, 0) is 11.0 Å². The molecule has 0 radical (unpaired) electrons. The maximum atomic E-state index is 12.9. The van der Waals surface area contributed by atoms with Crippen LogP contribution in [-0.4, -0.2) is 37.0 Å². The highest BCUT2D eigenvalue weighted by atomic mass is 19.4. The van der Waals surface area contributed by atoms with E-state index in [1.165, 1.54) is 57.1 Å². The number of piperazine rings is 1. The summed E-state index contributed by atoms with van der Waals surface area (Å²) >= 11 is 0. The molecule has 0 spiro atoms. The minimum atomic E-state index is -4.33. The van der Waals surface area contributed by atoms with E-state index < -0.39 is 11.7 Å². The second kappa shape index (κ2) is 12.1. The first-order valence-corrected chi connectivity index (χ1v) is 11.1. The molecule has 3 nitrogen and oxygen atoms in total. The lowest BCUT2D eigenvalue weighted by atomic mass is 10.1. The number of benzene rings is 1. The Labute approximate surface area is 173 Å². The third kappa shape index (κ3) is 8.27. The van der Waals surface area contributed by atoms with Gasteiger partial charge in [0.1, 0.15) is 0 Å². The van der Waals surface area contributed by atoms with Crippen LogP contribution in [0.15, 0.2) is 24.3 Å². The number of hydrogen-bond donors (Lipinski definition) is 0. The van der Waals surface area contributed by atoms with E-state index in [4.69, 9.17) is 0 Å². The number of alkyl halides is 3. The van der Waals surface area contributed by atoms with Crippen molar-refractivity contribution in [2.75, 3.05) is 31.1 Å². The summed E-state index contributed by atoms with van der Waals surface area (Å²) in [5.41, 5.74) is -0.0512. The van der Waals surface area contributed by atoms with Gasteiger partial charge < -0.3 is 9.80 Å². The van der Waals surface area contributed by atoms with Crippen LogP contribution in [0.2, 0.25) is 0 Å². The van der Waals surface area contributed by atoms with Crippen molar-refractivity contribution in [3.63, 3.8) is 0 Å². The minimum Gasteiger partial charge on any atom is -0.368 e. The van der Waals surface area contributed by atoms with Crippen molar-refractivity contribution in [1.29, 1.82) is 0 Å². The summed E-state index contributed by atoms with van der Waals surface area (Å²) in [6.07, 6.45) is 7.30. The molecule has 1 aromatic carbocycles. The topological polar surface area (TPSA) is 23.6 Å². The summed E-state index contributed by atoms with van der Waals surface area (Å²) in [5, 5.41) is 0. The zero-order chi connectivity index (χ0) is 21.1. The molecule has 1 amide bonds. The Balaban J connectivity index is 1.63. The zero-order valence-corrected chi connectivity index (χ0v) is 17.6. The highest BCUT2D eigenvalue weighted by Crippen LogP contribution is 2.31. The number of nitrogens with zero attached hydrogens (tertiary/aromatic N) is 2. The van der Waals surface area contributed by atoms with Crippen LogP contribution in [0.5, 0.6) is 0 Å². The summed E-state index contributed by atoms with van der Waals surface area (Å²) in [6.45, 7) is 4.52. The second-order valence-electron chi connectivity index (χ2n) is 7.99. The Kier molecular flexibility index (Phi) is 9.82. The van der Waals surface area contributed by atoms with Gasteiger partial charge in [0, 0.05) is 38.3 Å². The lowest BCUT2D eigenvalue weighted by Gasteiger charge is -2.36. The van der Waals surface area contributed by atoms with Crippen molar-refractivity contribution in [2.45, 2.75) is 77.3 Å². The largest absolute Gasteiger partial charge is 0.416 e. The highest BCUT2D eigenvalue weighted by Gasteiger charge is 2.31. The maximum absolute atomic E-state index is 12.9. The van der Waals surface area contributed by atoms with Gasteiger partial charge in [-0.3, -0.25) is 4.79 Å². The third-order valence-electron chi connectivity index (χ3n) is 5.67. The summed E-state index contributed by atoms with van der Waals surface area (Å²) in [4.78, 5) is 16.2. The molecule has 0 atom stereocenters. The number of amides is 1. The molecular formula is C23H35F3N2O. The molecule has 0 aliphatic carbocycles. The predicted molar refractivity (Wildman–Crippen MR) is 112 cm³/mol. The van der Waals surface area contributed by atoms with Crippen LogP contribution >= 0.6 is 0 Å². The van der Waals surface area contributed by atoms with Gasteiger partial charge in [-0.2, -0.15) is 13.2 Å². The van der Waals surface area contributed by atoms with E-state index in [1.54, 1.807) is 6.07 Å². The van der Waals surface area contributed by atoms with Crippen molar-refractivity contribution in [3.05, 3.63) is 29.8 Å². The van der Waals surface area contributed by atoms with Crippen molar-refractivity contribution >= 4 is 11.6 Å². The lowest BCUT2D eigenvalue weighted by Crippen LogP contribution is -2.48. The fraction of sp³-hybridized carbons (Fsp3) is 0.696. The molecule has 1 saturated heterocycles. The molecule has 0 bridgehead atoms. The van der Waals surface area contributed by atoms with Crippen LogP contribution in [0.3, 0.4) is 0 Å². The molecule has 0 N–H and O–H groups in total. The Morgan fingerprint density at radius 2 is 1.48 bits per heavy atom. The first-order valence-electron chi connectivity index (χ1n) is 11.1. The number of halogens is 3. The number of carbonyl (C=O) groups excluding carboxylic acids is 1. The second-order valence-corrected chi connectivity index (χ2v) is 7.99. The average molecular weight is 413 g/mol. The molecule has 1 aliphatic heterocycles. The molecule has 164 valence electrons. The molecule has 1 aliphatic rings. The molecular weight excluding hydrogens is 377 g/mol. The monoisotopic (exact) mass is 412 g/mol. The number of anilines is 1. The first-order chi connectivity index (χ1) is 13.9. The van der Waals surface area contributed by atoms with Crippen LogP contribution in [0, 0.1) is 0 Å². The molecule has 0 unspecified atom stereocenters. The molecule has 1 heterocycles. The minimum absolute atomic E-state index is 0.177. The van der Waals surface area contributed by atoms with Crippen molar-refractivity contribution in [3.8, 4) is 0 Å². The fourth-order valence-corrected chi connectivity index (χ4v) is 3.84. The van der Waals surface area contributed by atoms with Crippen LogP contribution in [0.4, 0.5) is 18.9 Å². The first kappa shape index (κ1) is 23.6. The van der Waals surface area contributed by atoms with Crippen LogP contribution in [0.1, 0.15) is 76.7 Å². The van der Waals surface area contributed by atoms with E-state index in [2.05, 4.69) is 6.92 Å². The normalized spacial score (nSPS) is 15.0. The number of carbonyl (C=O) groups is 1. The van der Waals surface area contributed by atoms with Crippen molar-refractivity contribution in [2.24, 2.45) is 0 Å². The third-order valence-corrected chi connectivity index (χ3v) is 5.67. The number of unbranched alkanes of at least 4 members (excludes halogenated alkanes) is 8. The van der Waals surface area contributed by atoms with E-state index in [0.29, 0.717) is 38.3 Å².